The molecular formula is C52H70N10O10S. The molecule has 0 radical (unpaired) electrons. The maximum Gasteiger partial charge on any atom is 0.276 e. The van der Waals surface area contributed by atoms with E-state index in [1.807, 2.05) is 64.4 Å². The van der Waals surface area contributed by atoms with Crippen LogP contribution in [0.2, 0.25) is 0 Å². The summed E-state index contributed by atoms with van der Waals surface area (Å²) in [7, 11) is 0. The molecule has 5 heterocycles. The van der Waals surface area contributed by atoms with E-state index in [0.717, 1.165) is 52.9 Å². The van der Waals surface area contributed by atoms with Gasteiger partial charge in [0.15, 0.2) is 0 Å². The average Bonchev–Trinajstić information content (AvgIpc) is 3.62. The van der Waals surface area contributed by atoms with Crippen LogP contribution in [-0.2, 0) is 45.5 Å². The lowest BCUT2D eigenvalue weighted by atomic mass is 9.79. The normalized spacial score (nSPS) is 18.9. The highest BCUT2D eigenvalue weighted by atomic mass is 32.1. The van der Waals surface area contributed by atoms with Crippen molar-refractivity contribution in [3.8, 4) is 10.4 Å². The monoisotopic (exact) mass is 1030 g/mol. The zero-order chi connectivity index (χ0) is 51.8. The van der Waals surface area contributed by atoms with Crippen molar-refractivity contribution in [3.05, 3.63) is 81.1 Å². The molecule has 4 aliphatic rings. The van der Waals surface area contributed by atoms with Crippen LogP contribution in [0.15, 0.2) is 53.0 Å². The van der Waals surface area contributed by atoms with Crippen LogP contribution in [0.4, 0.5) is 17.3 Å². The number of ether oxygens (including phenoxy) is 4. The maximum absolute atomic E-state index is 14.0. The minimum atomic E-state index is -0.936. The molecule has 394 valence electrons. The molecular weight excluding hydrogens is 957 g/mol. The van der Waals surface area contributed by atoms with Gasteiger partial charge in [-0.25, -0.2) is 15.0 Å². The Morgan fingerprint density at radius 2 is 1.51 bits per heavy atom. The Hall–Kier alpha value is -5.84. The average molecular weight is 1030 g/mol. The Morgan fingerprint density at radius 3 is 2.15 bits per heavy atom. The number of anilines is 3. The Bertz CT molecular complexity index is 2640. The lowest BCUT2D eigenvalue weighted by Crippen LogP contribution is -2.57. The number of aryl methyl sites for hydroxylation is 2. The Balaban J connectivity index is 0.661. The summed E-state index contributed by atoms with van der Waals surface area (Å²) in [6, 6.07) is 9.49. The second-order valence-electron chi connectivity index (χ2n) is 20.7. The smallest absolute Gasteiger partial charge is 0.276 e. The Kier molecular flexibility index (Phi) is 17.3. The maximum atomic E-state index is 14.0. The van der Waals surface area contributed by atoms with Gasteiger partial charge in [0.05, 0.1) is 75.0 Å². The molecule has 4 aromatic rings. The van der Waals surface area contributed by atoms with E-state index in [1.165, 1.54) is 24.1 Å². The zero-order valence-electron chi connectivity index (χ0n) is 42.6. The van der Waals surface area contributed by atoms with Gasteiger partial charge in [-0.15, -0.1) is 11.3 Å². The topological polar surface area (TPSA) is 249 Å². The molecule has 3 atom stereocenters. The van der Waals surface area contributed by atoms with Gasteiger partial charge in [0, 0.05) is 38.5 Å². The highest BCUT2D eigenvalue weighted by Gasteiger charge is 2.54. The quantitative estimate of drug-likeness (QED) is 0.0527. The van der Waals surface area contributed by atoms with Crippen molar-refractivity contribution in [2.75, 3.05) is 76.6 Å². The highest BCUT2D eigenvalue weighted by Crippen LogP contribution is 2.59. The minimum Gasteiger partial charge on any atom is -0.391 e. The summed E-state index contributed by atoms with van der Waals surface area (Å²) in [6.07, 6.45) is 6.66. The van der Waals surface area contributed by atoms with Gasteiger partial charge in [-0.05, 0) is 86.0 Å². The molecule has 6 N–H and O–H groups in total. The molecule has 4 amide bonds. The van der Waals surface area contributed by atoms with Gasteiger partial charge in [0.2, 0.25) is 17.7 Å². The van der Waals surface area contributed by atoms with Crippen LogP contribution in [0, 0.1) is 24.7 Å². The van der Waals surface area contributed by atoms with Gasteiger partial charge in [0.1, 0.15) is 47.1 Å². The molecule has 21 heteroatoms. The lowest BCUT2D eigenvalue weighted by Gasteiger charge is -2.39. The third-order valence-corrected chi connectivity index (χ3v) is 15.2. The molecule has 2 aliphatic heterocycles. The molecule has 3 aromatic heterocycles. The number of hydrogen-bond acceptors (Lipinski definition) is 16. The number of pyridine rings is 1. The predicted molar refractivity (Wildman–Crippen MR) is 274 cm³/mol. The molecule has 1 aromatic carbocycles. The molecule has 3 fully saturated rings. The van der Waals surface area contributed by atoms with Gasteiger partial charge < -0.3 is 55.5 Å². The number of carbonyl (C=O) groups excluding carboxylic acids is 4. The SMILES string of the molecule is Cc1cc(Nc2cc(NCCOCCOCCOCCOCCC(=O)N[C@H](C(=O)N3C[C@H](O)C[C@H]3C(=O)NCc3ccc(-c4scnc4C)cc3)C(C)(C)C)ncn2)c(=O)n2c1C(=O)NC21CCC2(CC2)CC1. The van der Waals surface area contributed by atoms with Crippen LogP contribution in [-0.4, -0.2) is 137 Å². The number of fused-ring (bicyclic) bond motifs is 2. The van der Waals surface area contributed by atoms with Crippen LogP contribution in [0.3, 0.4) is 0 Å². The van der Waals surface area contributed by atoms with Crippen LogP contribution < -0.4 is 32.1 Å². The number of β-amino-alcohol motifs (C(OH)–C–C–N with tert-alkyl or cyclic N) is 1. The summed E-state index contributed by atoms with van der Waals surface area (Å²) in [5.74, 6) is -0.345. The van der Waals surface area contributed by atoms with Crippen molar-refractivity contribution in [2.45, 2.75) is 116 Å². The predicted octanol–water partition coefficient (Wildman–Crippen LogP) is 4.55. The molecule has 2 spiro atoms. The lowest BCUT2D eigenvalue weighted by molar-refractivity contribution is -0.144. The van der Waals surface area contributed by atoms with E-state index >= 15 is 0 Å². The molecule has 0 unspecified atom stereocenters. The van der Waals surface area contributed by atoms with Crippen LogP contribution in [0.1, 0.15) is 99.4 Å². The van der Waals surface area contributed by atoms with Gasteiger partial charge in [-0.3, -0.25) is 28.5 Å². The summed E-state index contributed by atoms with van der Waals surface area (Å²) in [5, 5.41) is 25.9. The largest absolute Gasteiger partial charge is 0.391 e. The van der Waals surface area contributed by atoms with Gasteiger partial charge >= 0.3 is 0 Å². The van der Waals surface area contributed by atoms with Crippen molar-refractivity contribution in [2.24, 2.45) is 10.8 Å². The van der Waals surface area contributed by atoms with Crippen LogP contribution >= 0.6 is 11.3 Å². The number of carbonyl (C=O) groups is 4. The number of likely N-dealkylation sites (tertiary alicyclic amines) is 1. The number of nitrogens with one attached hydrogen (secondary N) is 5. The van der Waals surface area contributed by atoms with E-state index in [0.29, 0.717) is 74.6 Å². The summed E-state index contributed by atoms with van der Waals surface area (Å²) in [4.78, 5) is 82.8. The number of aliphatic hydroxyl groups is 1. The first-order valence-corrected chi connectivity index (χ1v) is 26.2. The van der Waals surface area contributed by atoms with Gasteiger partial charge in [-0.2, -0.15) is 0 Å². The number of thiazole rings is 1. The van der Waals surface area contributed by atoms with Gasteiger partial charge in [-0.1, -0.05) is 45.0 Å². The third-order valence-electron chi connectivity index (χ3n) is 14.3. The molecule has 2 saturated carbocycles. The number of aliphatic hydroxyl groups excluding tert-OH is 1. The summed E-state index contributed by atoms with van der Waals surface area (Å²) in [6.45, 7) is 12.6. The molecule has 2 aliphatic carbocycles. The van der Waals surface area contributed by atoms with Crippen LogP contribution in [0.5, 0.6) is 0 Å². The Labute approximate surface area is 429 Å². The number of nitrogens with zero attached hydrogens (tertiary/aromatic N) is 5. The number of aromatic nitrogens is 4. The second-order valence-corrected chi connectivity index (χ2v) is 21.6. The zero-order valence-corrected chi connectivity index (χ0v) is 43.4. The first kappa shape index (κ1) is 53.5. The number of amides is 4. The van der Waals surface area contributed by atoms with Crippen molar-refractivity contribution in [1.29, 1.82) is 0 Å². The van der Waals surface area contributed by atoms with E-state index in [4.69, 9.17) is 18.9 Å². The van der Waals surface area contributed by atoms with Crippen LogP contribution in [0.25, 0.3) is 10.4 Å². The van der Waals surface area contributed by atoms with Gasteiger partial charge in [0.25, 0.3) is 11.5 Å². The number of hydrogen-bond donors (Lipinski definition) is 6. The fourth-order valence-corrected chi connectivity index (χ4v) is 10.7. The highest BCUT2D eigenvalue weighted by molar-refractivity contribution is 7.13. The van der Waals surface area contributed by atoms with Crippen molar-refractivity contribution in [3.63, 3.8) is 0 Å². The second kappa shape index (κ2) is 23.6. The fraction of sp³-hybridized carbons (Fsp3) is 0.577. The van der Waals surface area contributed by atoms with E-state index in [-0.39, 0.29) is 62.4 Å². The first-order valence-electron chi connectivity index (χ1n) is 25.3. The summed E-state index contributed by atoms with van der Waals surface area (Å²) >= 11 is 1.57. The minimum absolute atomic E-state index is 0.00980. The van der Waals surface area contributed by atoms with Crippen molar-refractivity contribution >= 4 is 52.3 Å². The summed E-state index contributed by atoms with van der Waals surface area (Å²) < 4.78 is 24.2. The van der Waals surface area contributed by atoms with Crippen molar-refractivity contribution in [1.82, 2.24) is 40.4 Å². The Morgan fingerprint density at radius 1 is 0.863 bits per heavy atom. The van der Waals surface area contributed by atoms with E-state index in [9.17, 15) is 29.1 Å². The standard InChI is InChI=1S/C52H70N10O10S/c1-33-26-38(48(67)62-43(33)47(66)60-52(62)15-13-51(11-12-51)14-16-52)58-41-28-40(55-31-56-41)53-17-19-70-21-23-72-25-24-71-22-20-69-18-10-42(64)59-45(50(3,4)5)49(68)61-30-37(63)27-39(61)46(65)54-29-35-6-8-36(9-7-35)44-34(2)57-32-73-44/h6-9,26,28,31-32,37,39,45,63H,10-25,27,29-30H2,1-5H3,(H,54,65)(H,59,64)(H,60,66)(H2,53,55,56,58)/t37-,39+,45-/m1/s1. The fourth-order valence-electron chi connectivity index (χ4n) is 9.92. The van der Waals surface area contributed by atoms with E-state index in [2.05, 4.69) is 41.5 Å². The van der Waals surface area contributed by atoms with E-state index < -0.39 is 35.2 Å². The first-order chi connectivity index (χ1) is 35.0. The number of rotatable bonds is 24. The molecule has 0 bridgehead atoms. The molecule has 1 saturated heterocycles. The molecule has 8 rings (SSSR count). The van der Waals surface area contributed by atoms with E-state index in [1.54, 1.807) is 28.0 Å². The summed E-state index contributed by atoms with van der Waals surface area (Å²) in [5.41, 5.74) is 5.04. The van der Waals surface area contributed by atoms with Crippen molar-refractivity contribution < 1.29 is 43.2 Å². The molecule has 73 heavy (non-hydrogen) atoms. The third kappa shape index (κ3) is 13.3. The number of benzene rings is 1. The molecule has 20 nitrogen and oxygen atoms in total.